The second kappa shape index (κ2) is 11.3. The topological polar surface area (TPSA) is 110 Å². The number of piperidine rings is 1. The molecule has 1 saturated carbocycles. The van der Waals surface area contributed by atoms with Crippen LogP contribution in [0.2, 0.25) is 0 Å². The number of rotatable bonds is 9. The number of carbonyl (C=O) groups is 1. The van der Waals surface area contributed by atoms with Gasteiger partial charge in [0.25, 0.3) is 11.5 Å². The molecule has 9 nitrogen and oxygen atoms in total. The second-order valence-electron chi connectivity index (χ2n) is 12.5. The summed E-state index contributed by atoms with van der Waals surface area (Å²) in [6.45, 7) is 7.13. The number of benzene rings is 2. The van der Waals surface area contributed by atoms with Crippen molar-refractivity contribution in [1.82, 2.24) is 14.8 Å². The number of hydrogen-bond donors (Lipinski definition) is 3. The van der Waals surface area contributed by atoms with Crippen LogP contribution in [0.5, 0.6) is 5.75 Å². The molecule has 2 fully saturated rings. The molecule has 1 aromatic heterocycles. The average molecular weight is 582 g/mol. The maximum Gasteiger partial charge on any atom is 0.259 e. The number of fused-ring (bicyclic) bond motifs is 2. The van der Waals surface area contributed by atoms with Crippen molar-refractivity contribution in [2.24, 2.45) is 4.99 Å². The highest BCUT2D eigenvalue weighted by molar-refractivity contribution is 6.10. The maximum absolute atomic E-state index is 13.5. The van der Waals surface area contributed by atoms with E-state index >= 15 is 0 Å². The van der Waals surface area contributed by atoms with Crippen LogP contribution >= 0.6 is 0 Å². The van der Waals surface area contributed by atoms with Gasteiger partial charge >= 0.3 is 0 Å². The van der Waals surface area contributed by atoms with Crippen molar-refractivity contribution in [2.45, 2.75) is 70.7 Å². The number of anilines is 1. The zero-order valence-electron chi connectivity index (χ0n) is 24.9. The van der Waals surface area contributed by atoms with Gasteiger partial charge in [-0.3, -0.25) is 14.6 Å². The lowest BCUT2D eigenvalue weighted by atomic mass is 10.00. The number of nitrogens with zero attached hydrogens (tertiary/aromatic N) is 3. The SMILES string of the molecule is Cc1ccc(OCC(O)CNc2cc[nH]c(=O)c2C2=Nc3cc4c(cc3C2)C(=O)N(C2CCN(C3CC3)CC2)C4)c(C)c1. The zero-order chi connectivity index (χ0) is 29.7. The number of aliphatic imine (C=N–C) groups is 1. The molecule has 0 bridgehead atoms. The normalized spacial score (nSPS) is 19.3. The minimum absolute atomic E-state index is 0.119. The van der Waals surface area contributed by atoms with Crippen molar-refractivity contribution in [3.63, 3.8) is 0 Å². The van der Waals surface area contributed by atoms with Gasteiger partial charge in [0, 0.05) is 56.4 Å². The molecule has 0 spiro atoms. The summed E-state index contributed by atoms with van der Waals surface area (Å²) in [5.74, 6) is 0.861. The van der Waals surface area contributed by atoms with Crippen LogP contribution in [0.3, 0.4) is 0 Å². The van der Waals surface area contributed by atoms with Crippen molar-refractivity contribution in [3.05, 3.63) is 86.3 Å². The van der Waals surface area contributed by atoms with Gasteiger partial charge in [-0.25, -0.2) is 0 Å². The first-order chi connectivity index (χ1) is 20.8. The molecule has 4 heterocycles. The highest BCUT2D eigenvalue weighted by atomic mass is 16.5. The number of nitrogens with one attached hydrogen (secondary N) is 2. The molecule has 1 atom stereocenters. The van der Waals surface area contributed by atoms with E-state index in [0.29, 0.717) is 36.0 Å². The van der Waals surface area contributed by atoms with E-state index in [1.165, 1.54) is 12.8 Å². The molecule has 9 heteroatoms. The summed E-state index contributed by atoms with van der Waals surface area (Å²) in [5, 5.41) is 13.8. The molecule has 2 aromatic carbocycles. The molecule has 3 N–H and O–H groups in total. The van der Waals surface area contributed by atoms with Crippen LogP contribution in [0, 0.1) is 13.8 Å². The number of amides is 1. The van der Waals surface area contributed by atoms with Gasteiger partial charge in [-0.2, -0.15) is 0 Å². The van der Waals surface area contributed by atoms with E-state index in [9.17, 15) is 14.7 Å². The third kappa shape index (κ3) is 5.59. The predicted molar refractivity (Wildman–Crippen MR) is 167 cm³/mol. The summed E-state index contributed by atoms with van der Waals surface area (Å²) in [4.78, 5) is 38.8. The van der Waals surface area contributed by atoms with Crippen molar-refractivity contribution in [3.8, 4) is 5.75 Å². The molecule has 4 aliphatic rings. The number of H-pyrrole nitrogens is 1. The number of ether oxygens (including phenoxy) is 1. The average Bonchev–Trinajstić information content (AvgIpc) is 3.69. The van der Waals surface area contributed by atoms with Crippen molar-refractivity contribution < 1.29 is 14.6 Å². The molecule has 1 aliphatic carbocycles. The minimum Gasteiger partial charge on any atom is -0.491 e. The molecule has 7 rings (SSSR count). The Bertz CT molecular complexity index is 1650. The van der Waals surface area contributed by atoms with Crippen LogP contribution in [-0.4, -0.2) is 75.9 Å². The number of aromatic nitrogens is 1. The fraction of sp³-hybridized carbons (Fsp3) is 0.441. The molecular weight excluding hydrogens is 542 g/mol. The fourth-order valence-electron chi connectivity index (χ4n) is 6.82. The Balaban J connectivity index is 1.02. The molecular formula is C34H39N5O4. The quantitative estimate of drug-likeness (QED) is 0.351. The van der Waals surface area contributed by atoms with E-state index in [1.807, 2.05) is 44.2 Å². The van der Waals surface area contributed by atoms with Crippen molar-refractivity contribution in [1.29, 1.82) is 0 Å². The van der Waals surface area contributed by atoms with Gasteiger partial charge in [0.05, 0.1) is 22.6 Å². The molecule has 1 amide bonds. The first kappa shape index (κ1) is 27.9. The first-order valence-electron chi connectivity index (χ1n) is 15.5. The number of aliphatic hydroxyl groups excluding tert-OH is 1. The van der Waals surface area contributed by atoms with E-state index in [-0.39, 0.29) is 24.6 Å². The van der Waals surface area contributed by atoms with E-state index in [2.05, 4.69) is 20.1 Å². The van der Waals surface area contributed by atoms with Crippen LogP contribution < -0.4 is 15.6 Å². The Morgan fingerprint density at radius 2 is 1.86 bits per heavy atom. The number of aromatic amines is 1. The molecule has 0 radical (unpaired) electrons. The molecule has 1 saturated heterocycles. The van der Waals surface area contributed by atoms with Crippen LogP contribution in [0.4, 0.5) is 11.4 Å². The number of aliphatic hydroxyl groups is 1. The summed E-state index contributed by atoms with van der Waals surface area (Å²) in [7, 11) is 0. The third-order valence-corrected chi connectivity index (χ3v) is 9.29. The summed E-state index contributed by atoms with van der Waals surface area (Å²) in [6.07, 6.45) is 6.00. The Hall–Kier alpha value is -3.95. The lowest BCUT2D eigenvalue weighted by Gasteiger charge is -2.36. The molecule has 3 aliphatic heterocycles. The monoisotopic (exact) mass is 581 g/mol. The number of hydrogen-bond acceptors (Lipinski definition) is 7. The Labute approximate surface area is 251 Å². The van der Waals surface area contributed by atoms with Crippen LogP contribution in [0.15, 0.2) is 52.4 Å². The lowest BCUT2D eigenvalue weighted by molar-refractivity contribution is 0.0590. The number of pyridine rings is 1. The number of likely N-dealkylation sites (tertiary alicyclic amines) is 1. The number of aryl methyl sites for hydroxylation is 2. The van der Waals surface area contributed by atoms with Crippen molar-refractivity contribution in [2.75, 3.05) is 31.6 Å². The van der Waals surface area contributed by atoms with E-state index in [0.717, 1.165) is 71.2 Å². The number of carbonyl (C=O) groups excluding carboxylic acids is 1. The van der Waals surface area contributed by atoms with Gasteiger partial charge < -0.3 is 29.9 Å². The highest BCUT2D eigenvalue weighted by Crippen LogP contribution is 2.38. The largest absolute Gasteiger partial charge is 0.491 e. The Kier molecular flexibility index (Phi) is 7.31. The Morgan fingerprint density at radius 3 is 2.63 bits per heavy atom. The summed E-state index contributed by atoms with van der Waals surface area (Å²) in [6, 6.07) is 12.8. The summed E-state index contributed by atoms with van der Waals surface area (Å²) < 4.78 is 5.83. The molecule has 224 valence electrons. The second-order valence-corrected chi connectivity index (χ2v) is 12.5. The van der Waals surface area contributed by atoms with Gasteiger partial charge in [-0.05, 0) is 80.5 Å². The lowest BCUT2D eigenvalue weighted by Crippen LogP contribution is -2.45. The zero-order valence-corrected chi connectivity index (χ0v) is 24.9. The molecule has 1 unspecified atom stereocenters. The van der Waals surface area contributed by atoms with Crippen LogP contribution in [-0.2, 0) is 13.0 Å². The predicted octanol–water partition coefficient (Wildman–Crippen LogP) is 4.10. The standard InChI is InChI=1S/C34H39N5O4/c1-20-3-6-31(21(2)13-20)43-19-26(40)17-36-28-7-10-35-33(41)32(28)30-15-22-14-27-23(16-29(22)37-30)18-39(34(27)42)25-8-11-38(12-9-25)24-4-5-24/h3,6-7,10,13-14,16,24-26,40H,4-5,8-9,11-12,15,17-19H2,1-2H3,(H2,35,36,41). The van der Waals surface area contributed by atoms with Crippen LogP contribution in [0.25, 0.3) is 0 Å². The van der Waals surface area contributed by atoms with E-state index in [4.69, 9.17) is 9.73 Å². The van der Waals surface area contributed by atoms with Gasteiger partial charge in [-0.1, -0.05) is 17.7 Å². The van der Waals surface area contributed by atoms with Gasteiger partial charge in [-0.15, -0.1) is 0 Å². The van der Waals surface area contributed by atoms with Gasteiger partial charge in [0.15, 0.2) is 0 Å². The van der Waals surface area contributed by atoms with E-state index < -0.39 is 6.10 Å². The van der Waals surface area contributed by atoms with Crippen LogP contribution in [0.1, 0.15) is 63.9 Å². The van der Waals surface area contributed by atoms with E-state index in [1.54, 1.807) is 12.3 Å². The first-order valence-corrected chi connectivity index (χ1v) is 15.5. The molecule has 3 aromatic rings. The minimum atomic E-state index is -0.784. The maximum atomic E-state index is 13.5. The third-order valence-electron chi connectivity index (χ3n) is 9.29. The molecule has 43 heavy (non-hydrogen) atoms. The highest BCUT2D eigenvalue weighted by Gasteiger charge is 2.38. The summed E-state index contributed by atoms with van der Waals surface area (Å²) in [5.41, 5.74) is 7.22. The smallest absolute Gasteiger partial charge is 0.259 e. The Morgan fingerprint density at radius 1 is 1.05 bits per heavy atom. The summed E-state index contributed by atoms with van der Waals surface area (Å²) >= 11 is 0. The van der Waals surface area contributed by atoms with Crippen molar-refractivity contribution >= 4 is 23.0 Å². The van der Waals surface area contributed by atoms with Gasteiger partial charge in [0.2, 0.25) is 0 Å². The fourth-order valence-corrected chi connectivity index (χ4v) is 6.82. The van der Waals surface area contributed by atoms with Gasteiger partial charge in [0.1, 0.15) is 18.5 Å².